The predicted molar refractivity (Wildman–Crippen MR) is 109 cm³/mol. The Morgan fingerprint density at radius 1 is 1.00 bits per heavy atom. The molecule has 1 heterocycles. The average Bonchev–Trinajstić information content (AvgIpc) is 3.30. The molecule has 0 unspecified atom stereocenters. The Hall–Kier alpha value is -4.07. The number of ether oxygens (including phenoxy) is 3. The Kier molecular flexibility index (Phi) is 7.21. The lowest BCUT2D eigenvalue weighted by Crippen LogP contribution is -2.24. The first-order chi connectivity index (χ1) is 14.7. The van der Waals surface area contributed by atoms with Crippen LogP contribution >= 0.6 is 0 Å². The van der Waals surface area contributed by atoms with E-state index in [0.29, 0.717) is 29.4 Å². The number of nitrogens with one attached hydrogen (secondary N) is 1. The van der Waals surface area contributed by atoms with Crippen molar-refractivity contribution in [2.24, 2.45) is 5.10 Å². The highest BCUT2D eigenvalue weighted by Gasteiger charge is 2.11. The van der Waals surface area contributed by atoms with Crippen molar-refractivity contribution in [1.82, 2.24) is 5.43 Å². The van der Waals surface area contributed by atoms with Gasteiger partial charge in [-0.2, -0.15) is 5.10 Å². The largest absolute Gasteiger partial charge is 0.490 e. The highest BCUT2D eigenvalue weighted by atomic mass is 16.5. The molecule has 30 heavy (non-hydrogen) atoms. The summed E-state index contributed by atoms with van der Waals surface area (Å²) in [4.78, 5) is 23.7. The van der Waals surface area contributed by atoms with E-state index in [4.69, 9.17) is 18.6 Å². The molecule has 3 rings (SSSR count). The van der Waals surface area contributed by atoms with Gasteiger partial charge in [0, 0.05) is 0 Å². The van der Waals surface area contributed by atoms with Crippen molar-refractivity contribution >= 4 is 18.1 Å². The van der Waals surface area contributed by atoms with Gasteiger partial charge in [0.2, 0.25) is 5.76 Å². The number of nitrogens with zero attached hydrogens (tertiary/aromatic N) is 1. The molecule has 0 saturated heterocycles. The number of amides is 1. The lowest BCUT2D eigenvalue weighted by atomic mass is 10.2. The fourth-order valence-corrected chi connectivity index (χ4v) is 2.37. The quantitative estimate of drug-likeness (QED) is 0.252. The number of hydrogen-bond donors (Lipinski definition) is 1. The second-order valence-corrected chi connectivity index (χ2v) is 5.90. The first kappa shape index (κ1) is 20.7. The number of carbonyl (C=O) groups is 2. The molecular weight excluding hydrogens is 388 g/mol. The molecule has 0 fully saturated rings. The van der Waals surface area contributed by atoms with Crippen molar-refractivity contribution in [2.75, 3.05) is 13.2 Å². The van der Waals surface area contributed by atoms with E-state index in [0.717, 1.165) is 0 Å². The summed E-state index contributed by atoms with van der Waals surface area (Å²) in [6, 6.07) is 16.8. The normalized spacial score (nSPS) is 10.6. The molecule has 0 atom stereocenters. The fourth-order valence-electron chi connectivity index (χ4n) is 2.37. The van der Waals surface area contributed by atoms with E-state index >= 15 is 0 Å². The minimum absolute atomic E-state index is 0.120. The smallest absolute Gasteiger partial charge is 0.379 e. The molecule has 0 aliphatic carbocycles. The van der Waals surface area contributed by atoms with E-state index in [1.165, 1.54) is 18.5 Å². The average molecular weight is 408 g/mol. The maximum Gasteiger partial charge on any atom is 0.379 e. The molecule has 0 spiro atoms. The Morgan fingerprint density at radius 3 is 2.40 bits per heavy atom. The molecule has 0 aliphatic heterocycles. The van der Waals surface area contributed by atoms with Crippen LogP contribution in [-0.2, 0) is 4.79 Å². The van der Waals surface area contributed by atoms with Gasteiger partial charge in [-0.15, -0.1) is 0 Å². The van der Waals surface area contributed by atoms with E-state index in [-0.39, 0.29) is 12.4 Å². The molecule has 0 aliphatic rings. The minimum Gasteiger partial charge on any atom is -0.490 e. The third-order valence-electron chi connectivity index (χ3n) is 3.72. The van der Waals surface area contributed by atoms with Gasteiger partial charge < -0.3 is 18.6 Å². The molecule has 0 bridgehead atoms. The molecule has 3 aromatic rings. The zero-order chi connectivity index (χ0) is 21.2. The summed E-state index contributed by atoms with van der Waals surface area (Å²) in [6.45, 7) is 2.16. The van der Waals surface area contributed by atoms with Crippen LogP contribution in [0.2, 0.25) is 0 Å². The molecular formula is C22H20N2O6. The number of benzene rings is 2. The van der Waals surface area contributed by atoms with Gasteiger partial charge in [0.1, 0.15) is 5.75 Å². The monoisotopic (exact) mass is 408 g/mol. The number of hydrazone groups is 1. The van der Waals surface area contributed by atoms with Gasteiger partial charge in [0.15, 0.2) is 18.1 Å². The van der Waals surface area contributed by atoms with Crippen LogP contribution in [0.4, 0.5) is 0 Å². The van der Waals surface area contributed by atoms with E-state index < -0.39 is 11.9 Å². The topological polar surface area (TPSA) is 99.4 Å². The third-order valence-corrected chi connectivity index (χ3v) is 3.72. The third kappa shape index (κ3) is 5.96. The Labute approximate surface area is 173 Å². The van der Waals surface area contributed by atoms with Gasteiger partial charge in [-0.05, 0) is 61.0 Å². The maximum absolute atomic E-state index is 11.9. The van der Waals surface area contributed by atoms with Crippen molar-refractivity contribution in [3.8, 4) is 17.2 Å². The van der Waals surface area contributed by atoms with Gasteiger partial charge in [0.25, 0.3) is 5.91 Å². The summed E-state index contributed by atoms with van der Waals surface area (Å²) < 4.78 is 21.1. The Bertz CT molecular complexity index is 997. The van der Waals surface area contributed by atoms with Gasteiger partial charge in [0.05, 0.1) is 19.1 Å². The van der Waals surface area contributed by atoms with Crippen molar-refractivity contribution in [3.63, 3.8) is 0 Å². The number of rotatable bonds is 9. The maximum atomic E-state index is 11.9. The standard InChI is InChI=1S/C22H20N2O6/c1-2-27-18-6-3-4-7-19(18)29-15-21(25)24-23-14-16-9-11-17(12-10-16)30-22(26)20-8-5-13-28-20/h3-14H,2,15H2,1H3,(H,24,25)/b23-14-. The zero-order valence-corrected chi connectivity index (χ0v) is 16.2. The molecule has 154 valence electrons. The van der Waals surface area contributed by atoms with E-state index in [2.05, 4.69) is 10.5 Å². The van der Waals surface area contributed by atoms with Crippen molar-refractivity contribution in [3.05, 3.63) is 78.3 Å². The summed E-state index contributed by atoms with van der Waals surface area (Å²) in [5.41, 5.74) is 3.09. The van der Waals surface area contributed by atoms with Crippen LogP contribution in [0.25, 0.3) is 0 Å². The first-order valence-corrected chi connectivity index (χ1v) is 9.18. The number of esters is 1. The lowest BCUT2D eigenvalue weighted by Gasteiger charge is -2.10. The van der Waals surface area contributed by atoms with Crippen LogP contribution in [-0.4, -0.2) is 31.3 Å². The van der Waals surface area contributed by atoms with Crippen molar-refractivity contribution in [1.29, 1.82) is 0 Å². The number of furan rings is 1. The Morgan fingerprint density at radius 2 is 1.73 bits per heavy atom. The summed E-state index contributed by atoms with van der Waals surface area (Å²) in [5.74, 6) is 0.539. The number of carbonyl (C=O) groups excluding carboxylic acids is 2. The second-order valence-electron chi connectivity index (χ2n) is 5.90. The van der Waals surface area contributed by atoms with Crippen molar-refractivity contribution in [2.45, 2.75) is 6.92 Å². The van der Waals surface area contributed by atoms with E-state index in [9.17, 15) is 9.59 Å². The molecule has 8 heteroatoms. The highest BCUT2D eigenvalue weighted by molar-refractivity contribution is 5.88. The summed E-state index contributed by atoms with van der Waals surface area (Å²) in [7, 11) is 0. The Balaban J connectivity index is 1.46. The van der Waals surface area contributed by atoms with Crippen LogP contribution in [0.15, 0.2) is 76.4 Å². The summed E-state index contributed by atoms with van der Waals surface area (Å²) >= 11 is 0. The number of hydrogen-bond acceptors (Lipinski definition) is 7. The van der Waals surface area contributed by atoms with Crippen LogP contribution in [0, 0.1) is 0 Å². The molecule has 1 aromatic heterocycles. The van der Waals surface area contributed by atoms with Crippen LogP contribution in [0.1, 0.15) is 23.0 Å². The molecule has 2 aromatic carbocycles. The van der Waals surface area contributed by atoms with E-state index in [1.54, 1.807) is 48.5 Å². The molecule has 1 N–H and O–H groups in total. The molecule has 1 amide bonds. The van der Waals surface area contributed by atoms with Crippen LogP contribution in [0.3, 0.4) is 0 Å². The van der Waals surface area contributed by atoms with Gasteiger partial charge >= 0.3 is 5.97 Å². The van der Waals surface area contributed by atoms with Crippen LogP contribution < -0.4 is 19.6 Å². The van der Waals surface area contributed by atoms with Crippen LogP contribution in [0.5, 0.6) is 17.2 Å². The summed E-state index contributed by atoms with van der Waals surface area (Å²) in [5, 5.41) is 3.89. The molecule has 8 nitrogen and oxygen atoms in total. The minimum atomic E-state index is -0.584. The molecule has 0 saturated carbocycles. The highest BCUT2D eigenvalue weighted by Crippen LogP contribution is 2.26. The van der Waals surface area contributed by atoms with Gasteiger partial charge in [-0.3, -0.25) is 4.79 Å². The molecule has 0 radical (unpaired) electrons. The lowest BCUT2D eigenvalue weighted by molar-refractivity contribution is -0.123. The predicted octanol–water partition coefficient (Wildman–Crippen LogP) is 3.43. The summed E-state index contributed by atoms with van der Waals surface area (Å²) in [6.07, 6.45) is 2.86. The van der Waals surface area contributed by atoms with Gasteiger partial charge in [-0.25, -0.2) is 10.2 Å². The van der Waals surface area contributed by atoms with Gasteiger partial charge in [-0.1, -0.05) is 12.1 Å². The van der Waals surface area contributed by atoms with E-state index in [1.807, 2.05) is 13.0 Å². The fraction of sp³-hybridized carbons (Fsp3) is 0.136. The first-order valence-electron chi connectivity index (χ1n) is 9.18. The van der Waals surface area contributed by atoms with Crippen molar-refractivity contribution < 1.29 is 28.2 Å². The SMILES string of the molecule is CCOc1ccccc1OCC(=O)N/N=C\c1ccc(OC(=O)c2ccco2)cc1. The zero-order valence-electron chi connectivity index (χ0n) is 16.2. The number of para-hydroxylation sites is 2. The second kappa shape index (κ2) is 10.5.